The Labute approximate surface area is 125 Å². The van der Waals surface area contributed by atoms with Crippen molar-refractivity contribution in [3.63, 3.8) is 0 Å². The van der Waals surface area contributed by atoms with Crippen LogP contribution in [-0.2, 0) is 9.59 Å². The van der Waals surface area contributed by atoms with Gasteiger partial charge in [-0.1, -0.05) is 0 Å². The van der Waals surface area contributed by atoms with E-state index in [0.29, 0.717) is 5.75 Å². The first kappa shape index (κ1) is 15.4. The van der Waals surface area contributed by atoms with Crippen LogP contribution in [0.1, 0.15) is 24.4 Å². The number of hydrogen-bond donors (Lipinski definition) is 2. The zero-order valence-corrected chi connectivity index (χ0v) is 12.4. The van der Waals surface area contributed by atoms with Crippen molar-refractivity contribution in [1.29, 1.82) is 0 Å². The Kier molecular flexibility index (Phi) is 4.56. The summed E-state index contributed by atoms with van der Waals surface area (Å²) in [6.07, 6.45) is 1.36. The number of nitrogens with zero attached hydrogens (tertiary/aromatic N) is 1. The Balaban J connectivity index is 2.04. The predicted molar refractivity (Wildman–Crippen MR) is 75.8 cm³/mol. The number of amides is 2. The highest BCUT2D eigenvalue weighted by molar-refractivity contribution is 8.00. The van der Waals surface area contributed by atoms with Crippen molar-refractivity contribution in [2.75, 3.05) is 5.75 Å². The molecule has 2 rings (SSSR count). The second kappa shape index (κ2) is 6.21. The quantitative estimate of drug-likeness (QED) is 0.852. The molecule has 7 nitrogen and oxygen atoms in total. The number of carbonyl (C=O) groups is 3. The first-order chi connectivity index (χ1) is 9.91. The second-order valence-electron chi connectivity index (χ2n) is 4.70. The van der Waals surface area contributed by atoms with E-state index < -0.39 is 29.9 Å². The van der Waals surface area contributed by atoms with E-state index in [0.717, 1.165) is 0 Å². The third kappa shape index (κ3) is 3.21. The smallest absolute Gasteiger partial charge is 0.327 e. The minimum absolute atomic E-state index is 0.105. The van der Waals surface area contributed by atoms with E-state index in [1.807, 2.05) is 0 Å². The highest BCUT2D eigenvalue weighted by Gasteiger charge is 2.41. The number of rotatable bonds is 4. The standard InChI is InChI=1S/C13H16N2O5S/c1-7(14-11(16)10-4-3-5-20-10)12(17)15-8(2)21-6-9(15)13(18)19/h3-5,7-9H,6H2,1-2H3,(H,14,16)(H,18,19). The van der Waals surface area contributed by atoms with Crippen LogP contribution < -0.4 is 5.32 Å². The Morgan fingerprint density at radius 3 is 2.81 bits per heavy atom. The number of aliphatic carboxylic acids is 1. The highest BCUT2D eigenvalue weighted by Crippen LogP contribution is 2.29. The highest BCUT2D eigenvalue weighted by atomic mass is 32.2. The van der Waals surface area contributed by atoms with Crippen LogP contribution in [0.2, 0.25) is 0 Å². The van der Waals surface area contributed by atoms with Gasteiger partial charge in [0, 0.05) is 5.75 Å². The van der Waals surface area contributed by atoms with E-state index >= 15 is 0 Å². The van der Waals surface area contributed by atoms with Gasteiger partial charge in [-0.05, 0) is 26.0 Å². The molecule has 0 spiro atoms. The molecule has 0 aromatic carbocycles. The molecule has 3 atom stereocenters. The fraction of sp³-hybridized carbons (Fsp3) is 0.462. The van der Waals surface area contributed by atoms with Crippen molar-refractivity contribution in [3.8, 4) is 0 Å². The predicted octanol–water partition coefficient (Wildman–Crippen LogP) is 0.772. The molecule has 3 unspecified atom stereocenters. The second-order valence-corrected chi connectivity index (χ2v) is 6.05. The van der Waals surface area contributed by atoms with Crippen molar-refractivity contribution in [2.45, 2.75) is 31.3 Å². The lowest BCUT2D eigenvalue weighted by Gasteiger charge is -2.28. The molecule has 0 saturated carbocycles. The molecule has 2 amide bonds. The van der Waals surface area contributed by atoms with Crippen LogP contribution in [0.15, 0.2) is 22.8 Å². The summed E-state index contributed by atoms with van der Waals surface area (Å²) in [6, 6.07) is 1.37. The van der Waals surface area contributed by atoms with E-state index in [1.165, 1.54) is 35.9 Å². The Morgan fingerprint density at radius 1 is 1.52 bits per heavy atom. The SMILES string of the molecule is CC(NC(=O)c1ccco1)C(=O)N1C(C)SCC1C(=O)O. The maximum atomic E-state index is 12.4. The molecule has 2 N–H and O–H groups in total. The number of nitrogens with one attached hydrogen (secondary N) is 1. The zero-order chi connectivity index (χ0) is 15.6. The van der Waals surface area contributed by atoms with Gasteiger partial charge in [-0.25, -0.2) is 4.79 Å². The molecule has 8 heteroatoms. The Bertz CT molecular complexity index is 545. The first-order valence-corrected chi connectivity index (χ1v) is 7.47. The van der Waals surface area contributed by atoms with Gasteiger partial charge in [0.1, 0.15) is 12.1 Å². The monoisotopic (exact) mass is 312 g/mol. The lowest BCUT2D eigenvalue weighted by molar-refractivity contribution is -0.149. The van der Waals surface area contributed by atoms with Crippen molar-refractivity contribution in [2.24, 2.45) is 0 Å². The lowest BCUT2D eigenvalue weighted by atomic mass is 10.2. The molecule has 1 aromatic heterocycles. The number of furan rings is 1. The molecular formula is C13H16N2O5S. The van der Waals surface area contributed by atoms with Gasteiger partial charge in [0.25, 0.3) is 5.91 Å². The van der Waals surface area contributed by atoms with Gasteiger partial charge in [-0.3, -0.25) is 9.59 Å². The van der Waals surface area contributed by atoms with Gasteiger partial charge >= 0.3 is 5.97 Å². The van der Waals surface area contributed by atoms with E-state index in [1.54, 1.807) is 13.0 Å². The summed E-state index contributed by atoms with van der Waals surface area (Å²) in [4.78, 5) is 36.7. The van der Waals surface area contributed by atoms with E-state index in [9.17, 15) is 14.4 Å². The van der Waals surface area contributed by atoms with E-state index in [4.69, 9.17) is 9.52 Å². The molecule has 1 aliphatic rings. The third-order valence-corrected chi connectivity index (χ3v) is 4.44. The van der Waals surface area contributed by atoms with Gasteiger partial charge in [-0.2, -0.15) is 0 Å². The maximum Gasteiger partial charge on any atom is 0.327 e. The van der Waals surface area contributed by atoms with Crippen molar-refractivity contribution in [3.05, 3.63) is 24.2 Å². The average molecular weight is 312 g/mol. The molecule has 1 saturated heterocycles. The fourth-order valence-corrected chi connectivity index (χ4v) is 3.30. The van der Waals surface area contributed by atoms with Crippen LogP contribution in [0.4, 0.5) is 0 Å². The molecule has 2 heterocycles. The summed E-state index contributed by atoms with van der Waals surface area (Å²) in [5.41, 5.74) is 0. The molecular weight excluding hydrogens is 296 g/mol. The van der Waals surface area contributed by atoms with Gasteiger partial charge in [-0.15, -0.1) is 11.8 Å². The summed E-state index contributed by atoms with van der Waals surface area (Å²) < 4.78 is 4.95. The van der Waals surface area contributed by atoms with Gasteiger partial charge in [0.05, 0.1) is 11.6 Å². The summed E-state index contributed by atoms with van der Waals surface area (Å²) in [5, 5.41) is 11.4. The van der Waals surface area contributed by atoms with Crippen LogP contribution in [-0.4, -0.2) is 51.0 Å². The number of carboxylic acid groups (broad SMARTS) is 1. The first-order valence-electron chi connectivity index (χ1n) is 6.42. The van der Waals surface area contributed by atoms with E-state index in [-0.39, 0.29) is 11.1 Å². The molecule has 1 aliphatic heterocycles. The van der Waals surface area contributed by atoms with Gasteiger partial charge < -0.3 is 19.7 Å². The summed E-state index contributed by atoms with van der Waals surface area (Å²) in [7, 11) is 0. The van der Waals surface area contributed by atoms with Crippen molar-refractivity contribution < 1.29 is 23.9 Å². The number of thioether (sulfide) groups is 1. The molecule has 114 valence electrons. The summed E-state index contributed by atoms with van der Waals surface area (Å²) in [5.74, 6) is -1.51. The van der Waals surface area contributed by atoms with Crippen molar-refractivity contribution >= 4 is 29.5 Å². The molecule has 21 heavy (non-hydrogen) atoms. The van der Waals surface area contributed by atoms with Crippen LogP contribution in [0.25, 0.3) is 0 Å². The Hall–Kier alpha value is -1.96. The minimum atomic E-state index is -1.04. The van der Waals surface area contributed by atoms with Crippen LogP contribution >= 0.6 is 11.8 Å². The van der Waals surface area contributed by atoms with Crippen molar-refractivity contribution in [1.82, 2.24) is 10.2 Å². The lowest BCUT2D eigenvalue weighted by Crippen LogP contribution is -2.52. The maximum absolute atomic E-state index is 12.4. The topological polar surface area (TPSA) is 99.9 Å². The number of carboxylic acids is 1. The number of hydrogen-bond acceptors (Lipinski definition) is 5. The van der Waals surface area contributed by atoms with E-state index in [2.05, 4.69) is 5.32 Å². The zero-order valence-electron chi connectivity index (χ0n) is 11.6. The minimum Gasteiger partial charge on any atom is -0.480 e. The summed E-state index contributed by atoms with van der Waals surface area (Å²) in [6.45, 7) is 3.30. The Morgan fingerprint density at radius 2 is 2.24 bits per heavy atom. The normalized spacial score (nSPS) is 22.9. The van der Waals surface area contributed by atoms with Gasteiger partial charge in [0.2, 0.25) is 5.91 Å². The van der Waals surface area contributed by atoms with Crippen LogP contribution in [0.3, 0.4) is 0 Å². The van der Waals surface area contributed by atoms with Crippen LogP contribution in [0, 0.1) is 0 Å². The number of carbonyl (C=O) groups excluding carboxylic acids is 2. The molecule has 0 bridgehead atoms. The molecule has 0 aliphatic carbocycles. The van der Waals surface area contributed by atoms with Crippen LogP contribution in [0.5, 0.6) is 0 Å². The largest absolute Gasteiger partial charge is 0.480 e. The third-order valence-electron chi connectivity index (χ3n) is 3.23. The molecule has 1 fully saturated rings. The average Bonchev–Trinajstić information content (AvgIpc) is 3.06. The fourth-order valence-electron chi connectivity index (χ4n) is 2.13. The molecule has 0 radical (unpaired) electrons. The summed E-state index contributed by atoms with van der Waals surface area (Å²) >= 11 is 1.40. The molecule has 1 aromatic rings. The van der Waals surface area contributed by atoms with Gasteiger partial charge in [0.15, 0.2) is 5.76 Å².